The first-order chi connectivity index (χ1) is 7.00. The van der Waals surface area contributed by atoms with E-state index < -0.39 is 0 Å². The van der Waals surface area contributed by atoms with E-state index in [1.165, 1.54) is 0 Å². The smallest absolute Gasteiger partial charge is 0.137 e. The van der Waals surface area contributed by atoms with Crippen LogP contribution in [0.1, 0.15) is 26.3 Å². The van der Waals surface area contributed by atoms with Crippen LogP contribution in [0.15, 0.2) is 22.7 Å². The van der Waals surface area contributed by atoms with Gasteiger partial charge in [-0.15, -0.1) is 0 Å². The Bertz CT molecular complexity index is 325. The first kappa shape index (κ1) is 12.7. The molecule has 1 atom stereocenters. The van der Waals surface area contributed by atoms with Crippen molar-refractivity contribution in [3.05, 3.63) is 34.1 Å². The maximum absolute atomic E-state index is 13.2. The third kappa shape index (κ3) is 3.92. The number of hydrogen-bond donors (Lipinski definition) is 1. The molecule has 1 nitrogen and oxygen atoms in total. The van der Waals surface area contributed by atoms with E-state index in [0.29, 0.717) is 23.0 Å². The second-order valence-electron chi connectivity index (χ2n) is 4.16. The van der Waals surface area contributed by atoms with Gasteiger partial charge in [-0.25, -0.2) is 4.39 Å². The third-order valence-electron chi connectivity index (χ3n) is 2.61. The predicted octanol–water partition coefficient (Wildman–Crippen LogP) is 3.72. The van der Waals surface area contributed by atoms with Crippen molar-refractivity contribution in [2.24, 2.45) is 5.92 Å². The predicted molar refractivity (Wildman–Crippen MR) is 65.2 cm³/mol. The number of hydrogen-bond acceptors (Lipinski definition) is 1. The van der Waals surface area contributed by atoms with Gasteiger partial charge in [0.25, 0.3) is 0 Å². The number of rotatable bonds is 4. The Hall–Kier alpha value is -0.410. The van der Waals surface area contributed by atoms with E-state index in [1.807, 2.05) is 6.07 Å². The molecule has 3 heteroatoms. The molecule has 0 aliphatic heterocycles. The molecule has 0 saturated heterocycles. The molecule has 0 saturated carbocycles. The molecule has 1 N–H and O–H groups in total. The van der Waals surface area contributed by atoms with E-state index in [0.717, 1.165) is 5.56 Å². The molecular weight excluding hydrogens is 257 g/mol. The maximum Gasteiger partial charge on any atom is 0.137 e. The number of nitrogens with one attached hydrogen (secondary N) is 1. The van der Waals surface area contributed by atoms with Crippen molar-refractivity contribution in [2.75, 3.05) is 0 Å². The van der Waals surface area contributed by atoms with Gasteiger partial charge in [-0.05, 0) is 46.5 Å². The van der Waals surface area contributed by atoms with Gasteiger partial charge in [-0.3, -0.25) is 0 Å². The Kier molecular flexibility index (Phi) is 4.74. The minimum Gasteiger partial charge on any atom is -0.310 e. The van der Waals surface area contributed by atoms with Gasteiger partial charge in [0, 0.05) is 12.6 Å². The Balaban J connectivity index is 2.55. The fourth-order valence-corrected chi connectivity index (χ4v) is 1.41. The molecule has 15 heavy (non-hydrogen) atoms. The highest BCUT2D eigenvalue weighted by Crippen LogP contribution is 2.16. The summed E-state index contributed by atoms with van der Waals surface area (Å²) in [5.41, 5.74) is 0.975. The summed E-state index contributed by atoms with van der Waals surface area (Å²) in [7, 11) is 0. The topological polar surface area (TPSA) is 12.0 Å². The van der Waals surface area contributed by atoms with Crippen LogP contribution >= 0.6 is 15.9 Å². The summed E-state index contributed by atoms with van der Waals surface area (Å²) in [6.45, 7) is 7.18. The lowest BCUT2D eigenvalue weighted by atomic mass is 10.1. The Morgan fingerprint density at radius 1 is 1.33 bits per heavy atom. The number of halogens is 2. The average Bonchev–Trinajstić information content (AvgIpc) is 2.19. The van der Waals surface area contributed by atoms with Gasteiger partial charge in [0.05, 0.1) is 4.47 Å². The standard InChI is InChI=1S/C12H17BrFN/c1-8(2)9(3)15-7-10-4-5-11(13)12(14)6-10/h4-6,8-9,15H,7H2,1-3H3/t9-/m1/s1. The second-order valence-corrected chi connectivity index (χ2v) is 5.02. The molecule has 0 radical (unpaired) electrons. The van der Waals surface area contributed by atoms with Crippen LogP contribution in [0.2, 0.25) is 0 Å². The summed E-state index contributed by atoms with van der Waals surface area (Å²) in [5, 5.41) is 3.36. The van der Waals surface area contributed by atoms with E-state index >= 15 is 0 Å². The molecule has 1 rings (SSSR count). The summed E-state index contributed by atoms with van der Waals surface area (Å²) < 4.78 is 13.7. The van der Waals surface area contributed by atoms with Crippen molar-refractivity contribution < 1.29 is 4.39 Å². The van der Waals surface area contributed by atoms with Gasteiger partial charge >= 0.3 is 0 Å². The van der Waals surface area contributed by atoms with Crippen LogP contribution in [0.5, 0.6) is 0 Å². The molecule has 0 aliphatic carbocycles. The van der Waals surface area contributed by atoms with Gasteiger partial charge in [0.1, 0.15) is 5.82 Å². The van der Waals surface area contributed by atoms with Crippen molar-refractivity contribution in [1.29, 1.82) is 0 Å². The van der Waals surface area contributed by atoms with Crippen molar-refractivity contribution >= 4 is 15.9 Å². The van der Waals surface area contributed by atoms with Crippen molar-refractivity contribution in [1.82, 2.24) is 5.32 Å². The van der Waals surface area contributed by atoms with Crippen molar-refractivity contribution in [2.45, 2.75) is 33.4 Å². The Labute approximate surface area is 99.2 Å². The zero-order valence-electron chi connectivity index (χ0n) is 9.35. The first-order valence-electron chi connectivity index (χ1n) is 5.18. The highest BCUT2D eigenvalue weighted by Gasteiger charge is 2.06. The average molecular weight is 274 g/mol. The van der Waals surface area contributed by atoms with Crippen molar-refractivity contribution in [3.8, 4) is 0 Å². The Morgan fingerprint density at radius 2 is 2.00 bits per heavy atom. The summed E-state index contributed by atoms with van der Waals surface area (Å²) in [6, 6.07) is 5.67. The van der Waals surface area contributed by atoms with Crippen LogP contribution in [-0.4, -0.2) is 6.04 Å². The SMILES string of the molecule is CC(C)[C@@H](C)NCc1ccc(Br)c(F)c1. The highest BCUT2D eigenvalue weighted by molar-refractivity contribution is 9.10. The lowest BCUT2D eigenvalue weighted by Crippen LogP contribution is -2.30. The molecule has 1 aromatic rings. The minimum absolute atomic E-state index is 0.202. The first-order valence-corrected chi connectivity index (χ1v) is 5.97. The van der Waals surface area contributed by atoms with Gasteiger partial charge in [0.15, 0.2) is 0 Å². The van der Waals surface area contributed by atoms with Crippen LogP contribution in [0.4, 0.5) is 4.39 Å². The van der Waals surface area contributed by atoms with Gasteiger partial charge in [0.2, 0.25) is 0 Å². The lowest BCUT2D eigenvalue weighted by molar-refractivity contribution is 0.425. The largest absolute Gasteiger partial charge is 0.310 e. The molecular formula is C12H17BrFN. The van der Waals surface area contributed by atoms with Crippen LogP contribution in [0.25, 0.3) is 0 Å². The molecule has 0 spiro atoms. The molecule has 0 unspecified atom stereocenters. The van der Waals surface area contributed by atoms with Gasteiger partial charge in [-0.1, -0.05) is 19.9 Å². The number of benzene rings is 1. The summed E-state index contributed by atoms with van der Waals surface area (Å²) in [4.78, 5) is 0. The normalized spacial score (nSPS) is 13.2. The maximum atomic E-state index is 13.2. The monoisotopic (exact) mass is 273 g/mol. The van der Waals surface area contributed by atoms with Crippen LogP contribution in [-0.2, 0) is 6.54 Å². The van der Waals surface area contributed by atoms with E-state index in [-0.39, 0.29) is 5.82 Å². The molecule has 1 aromatic carbocycles. The van der Waals surface area contributed by atoms with E-state index in [4.69, 9.17) is 0 Å². The molecule has 0 aliphatic rings. The summed E-state index contributed by atoms with van der Waals surface area (Å²) in [6.07, 6.45) is 0. The van der Waals surface area contributed by atoms with Crippen LogP contribution in [0, 0.1) is 11.7 Å². The molecule has 0 amide bonds. The molecule has 0 aromatic heterocycles. The third-order valence-corrected chi connectivity index (χ3v) is 3.26. The Morgan fingerprint density at radius 3 is 2.53 bits per heavy atom. The molecule has 0 fully saturated rings. The fourth-order valence-electron chi connectivity index (χ4n) is 1.16. The molecule has 84 valence electrons. The zero-order chi connectivity index (χ0) is 11.4. The van der Waals surface area contributed by atoms with Gasteiger partial charge in [-0.2, -0.15) is 0 Å². The minimum atomic E-state index is -0.202. The van der Waals surface area contributed by atoms with Crippen molar-refractivity contribution in [3.63, 3.8) is 0 Å². The van der Waals surface area contributed by atoms with Crippen LogP contribution < -0.4 is 5.32 Å². The van der Waals surface area contributed by atoms with E-state index in [9.17, 15) is 4.39 Å². The molecule has 0 bridgehead atoms. The van der Waals surface area contributed by atoms with E-state index in [1.54, 1.807) is 12.1 Å². The quantitative estimate of drug-likeness (QED) is 0.882. The summed E-state index contributed by atoms with van der Waals surface area (Å²) >= 11 is 3.14. The zero-order valence-corrected chi connectivity index (χ0v) is 10.9. The molecule has 0 heterocycles. The lowest BCUT2D eigenvalue weighted by Gasteiger charge is -2.17. The summed E-state index contributed by atoms with van der Waals surface area (Å²) in [5.74, 6) is 0.386. The van der Waals surface area contributed by atoms with E-state index in [2.05, 4.69) is 42.0 Å². The van der Waals surface area contributed by atoms with Gasteiger partial charge < -0.3 is 5.32 Å². The highest BCUT2D eigenvalue weighted by atomic mass is 79.9. The van der Waals surface area contributed by atoms with Crippen LogP contribution in [0.3, 0.4) is 0 Å². The fraction of sp³-hybridized carbons (Fsp3) is 0.500. The second kappa shape index (κ2) is 5.61.